The summed E-state index contributed by atoms with van der Waals surface area (Å²) in [6.07, 6.45) is 2.79. The van der Waals surface area contributed by atoms with Gasteiger partial charge in [0.1, 0.15) is 17.0 Å². The van der Waals surface area contributed by atoms with Crippen molar-refractivity contribution in [1.29, 1.82) is 0 Å². The number of amides is 2. The van der Waals surface area contributed by atoms with Crippen LogP contribution in [0.1, 0.15) is 42.6 Å². The molecule has 0 spiro atoms. The molecule has 6 rings (SSSR count). The lowest BCUT2D eigenvalue weighted by molar-refractivity contribution is -0.167. The summed E-state index contributed by atoms with van der Waals surface area (Å²) in [6.45, 7) is 5.42. The monoisotopic (exact) mass is 488 g/mol. The predicted octanol–water partition coefficient (Wildman–Crippen LogP) is 3.05. The topological polar surface area (TPSA) is 89.1 Å². The number of nitrogens with one attached hydrogen (secondary N) is 1. The van der Waals surface area contributed by atoms with Crippen LogP contribution < -0.4 is 4.74 Å². The molecule has 2 unspecified atom stereocenters. The minimum absolute atomic E-state index is 0.0191. The van der Waals surface area contributed by atoms with Gasteiger partial charge in [0, 0.05) is 36.1 Å². The van der Waals surface area contributed by atoms with Crippen LogP contribution >= 0.6 is 0 Å². The molecule has 0 radical (unpaired) electrons. The van der Waals surface area contributed by atoms with Crippen molar-refractivity contribution >= 4 is 22.7 Å². The van der Waals surface area contributed by atoms with Gasteiger partial charge in [0.25, 0.3) is 0 Å². The van der Waals surface area contributed by atoms with E-state index in [0.717, 1.165) is 53.1 Å². The molecule has 2 N–H and O–H groups in total. The lowest BCUT2D eigenvalue weighted by Crippen LogP contribution is -2.70. The molecule has 2 aromatic carbocycles. The molecule has 4 heterocycles. The van der Waals surface area contributed by atoms with Crippen molar-refractivity contribution in [2.75, 3.05) is 39.8 Å². The largest absolute Gasteiger partial charge is 0.508 e. The number of phenolic OH excluding ortho intramolecular Hbond substituents is 1. The highest BCUT2D eigenvalue weighted by atomic mass is 16.5. The minimum Gasteiger partial charge on any atom is -0.508 e. The summed E-state index contributed by atoms with van der Waals surface area (Å²) < 4.78 is 5.49. The molecule has 0 aliphatic carbocycles. The number of phenols is 1. The predicted molar refractivity (Wildman–Crippen MR) is 136 cm³/mol. The van der Waals surface area contributed by atoms with Crippen LogP contribution in [0.2, 0.25) is 0 Å². The van der Waals surface area contributed by atoms with Crippen molar-refractivity contribution in [3.05, 3.63) is 59.3 Å². The summed E-state index contributed by atoms with van der Waals surface area (Å²) in [5.74, 6) is 0.773. The standard InChI is InChI=1S/C28H32N4O4/c1-28-16-22-21-15-20(36-2)8-9-23(21)29-25(22)26(18-6-5-7-19(33)14-18)32(28)24(34)17-31(27(28)35)13-12-30-10-3-4-11-30/h5-9,14-15,26,29,33H,3-4,10-13,16-17H2,1-2H3. The van der Waals surface area contributed by atoms with Crippen LogP contribution in [0.5, 0.6) is 11.5 Å². The number of nitrogens with zero attached hydrogens (tertiary/aromatic N) is 3. The SMILES string of the molecule is COc1ccc2[nH]c3c(c2c1)CC1(C)C(=O)N(CCN2CCCC2)CC(=O)N1C3c1cccc(O)c1. The molecule has 36 heavy (non-hydrogen) atoms. The zero-order chi connectivity index (χ0) is 25.0. The van der Waals surface area contributed by atoms with Gasteiger partial charge in [0.15, 0.2) is 0 Å². The number of fused-ring (bicyclic) bond motifs is 4. The summed E-state index contributed by atoms with van der Waals surface area (Å²) in [5, 5.41) is 11.3. The number of likely N-dealkylation sites (tertiary alicyclic amines) is 1. The van der Waals surface area contributed by atoms with Gasteiger partial charge in [-0.1, -0.05) is 12.1 Å². The Kier molecular flexibility index (Phi) is 5.44. The Balaban J connectivity index is 1.46. The number of aromatic amines is 1. The average Bonchev–Trinajstić information content (AvgIpc) is 3.52. The van der Waals surface area contributed by atoms with Crippen LogP contribution in [-0.4, -0.2) is 82.0 Å². The normalized spacial score (nSPS) is 24.3. The van der Waals surface area contributed by atoms with Crippen LogP contribution in [0.25, 0.3) is 10.9 Å². The summed E-state index contributed by atoms with van der Waals surface area (Å²) in [6, 6.07) is 12.3. The van der Waals surface area contributed by atoms with Gasteiger partial charge in [-0.2, -0.15) is 0 Å². The number of rotatable bonds is 5. The van der Waals surface area contributed by atoms with Crippen LogP contribution in [0.15, 0.2) is 42.5 Å². The molecular weight excluding hydrogens is 456 g/mol. The molecule has 1 aromatic heterocycles. The third-order valence-electron chi connectivity index (χ3n) is 8.14. The molecule has 3 aliphatic heterocycles. The third kappa shape index (κ3) is 3.54. The second kappa shape index (κ2) is 8.55. The van der Waals surface area contributed by atoms with Crippen LogP contribution in [-0.2, 0) is 16.0 Å². The lowest BCUT2D eigenvalue weighted by atomic mass is 9.78. The summed E-state index contributed by atoms with van der Waals surface area (Å²) >= 11 is 0. The first kappa shape index (κ1) is 22.9. The average molecular weight is 489 g/mol. The Morgan fingerprint density at radius 3 is 2.67 bits per heavy atom. The molecule has 0 saturated carbocycles. The Hall–Kier alpha value is -3.52. The molecule has 3 aromatic rings. The summed E-state index contributed by atoms with van der Waals surface area (Å²) in [5.41, 5.74) is 2.56. The third-order valence-corrected chi connectivity index (χ3v) is 8.14. The number of carbonyl (C=O) groups is 2. The number of aromatic nitrogens is 1. The van der Waals surface area contributed by atoms with E-state index in [9.17, 15) is 14.7 Å². The van der Waals surface area contributed by atoms with E-state index in [-0.39, 0.29) is 24.1 Å². The van der Waals surface area contributed by atoms with E-state index in [1.54, 1.807) is 35.1 Å². The fourth-order valence-electron chi connectivity index (χ4n) is 6.35. The minimum atomic E-state index is -1.04. The molecule has 2 fully saturated rings. The smallest absolute Gasteiger partial charge is 0.249 e. The van der Waals surface area contributed by atoms with Gasteiger partial charge in [0.05, 0.1) is 19.7 Å². The number of carbonyl (C=O) groups excluding carboxylic acids is 2. The Labute approximate surface area is 210 Å². The highest BCUT2D eigenvalue weighted by molar-refractivity contribution is 6.00. The first-order chi connectivity index (χ1) is 17.4. The number of H-pyrrole nitrogens is 1. The Morgan fingerprint density at radius 2 is 1.92 bits per heavy atom. The van der Waals surface area contributed by atoms with Crippen molar-refractivity contribution in [1.82, 2.24) is 19.7 Å². The summed E-state index contributed by atoms with van der Waals surface area (Å²) in [7, 11) is 1.64. The lowest BCUT2D eigenvalue weighted by Gasteiger charge is -2.53. The first-order valence-corrected chi connectivity index (χ1v) is 12.7. The van der Waals surface area contributed by atoms with Gasteiger partial charge in [-0.25, -0.2) is 0 Å². The fraction of sp³-hybridized carbons (Fsp3) is 0.429. The van der Waals surface area contributed by atoms with Crippen molar-refractivity contribution in [2.24, 2.45) is 0 Å². The molecule has 8 heteroatoms. The number of hydrogen-bond acceptors (Lipinski definition) is 5. The molecule has 2 atom stereocenters. The maximum Gasteiger partial charge on any atom is 0.249 e. The highest BCUT2D eigenvalue weighted by Crippen LogP contribution is 2.47. The number of methoxy groups -OCH3 is 1. The van der Waals surface area contributed by atoms with Crippen molar-refractivity contribution in [3.8, 4) is 11.5 Å². The van der Waals surface area contributed by atoms with Crippen LogP contribution in [0, 0.1) is 0 Å². The molecule has 188 valence electrons. The second-order valence-corrected chi connectivity index (χ2v) is 10.4. The van der Waals surface area contributed by atoms with Gasteiger partial charge in [-0.3, -0.25) is 9.59 Å². The zero-order valence-electron chi connectivity index (χ0n) is 20.8. The molecule has 2 amide bonds. The van der Waals surface area contributed by atoms with Gasteiger partial charge < -0.3 is 29.5 Å². The van der Waals surface area contributed by atoms with Gasteiger partial charge in [-0.15, -0.1) is 0 Å². The van der Waals surface area contributed by atoms with Gasteiger partial charge >= 0.3 is 0 Å². The van der Waals surface area contributed by atoms with Crippen LogP contribution in [0.3, 0.4) is 0 Å². The zero-order valence-corrected chi connectivity index (χ0v) is 20.8. The van der Waals surface area contributed by atoms with Crippen molar-refractivity contribution in [2.45, 2.75) is 37.8 Å². The Morgan fingerprint density at radius 1 is 1.11 bits per heavy atom. The number of piperazine rings is 1. The van der Waals surface area contributed by atoms with Crippen molar-refractivity contribution < 1.29 is 19.4 Å². The molecule has 2 saturated heterocycles. The van der Waals surface area contributed by atoms with Crippen LogP contribution in [0.4, 0.5) is 0 Å². The fourth-order valence-corrected chi connectivity index (χ4v) is 6.35. The van der Waals surface area contributed by atoms with Gasteiger partial charge in [-0.05, 0) is 74.3 Å². The molecule has 0 bridgehead atoms. The van der Waals surface area contributed by atoms with E-state index in [1.807, 2.05) is 31.2 Å². The number of benzene rings is 2. The molecular formula is C28H32N4O4. The molecule has 3 aliphatic rings. The number of aromatic hydroxyl groups is 1. The Bertz CT molecular complexity index is 1340. The van der Waals surface area contributed by atoms with E-state index in [1.165, 1.54) is 12.8 Å². The van der Waals surface area contributed by atoms with E-state index in [4.69, 9.17) is 4.74 Å². The maximum atomic E-state index is 14.1. The summed E-state index contributed by atoms with van der Waals surface area (Å²) in [4.78, 5) is 37.3. The highest BCUT2D eigenvalue weighted by Gasteiger charge is 2.56. The quantitative estimate of drug-likeness (QED) is 0.576. The second-order valence-electron chi connectivity index (χ2n) is 10.4. The van der Waals surface area contributed by atoms with Crippen molar-refractivity contribution in [3.63, 3.8) is 0 Å². The van der Waals surface area contributed by atoms with E-state index in [2.05, 4.69) is 9.88 Å². The number of ether oxygens (including phenoxy) is 1. The van der Waals surface area contributed by atoms with E-state index >= 15 is 0 Å². The van der Waals surface area contributed by atoms with E-state index in [0.29, 0.717) is 13.0 Å². The number of hydrogen-bond donors (Lipinski definition) is 2. The maximum absolute atomic E-state index is 14.1. The first-order valence-electron chi connectivity index (χ1n) is 12.7. The molecule has 8 nitrogen and oxygen atoms in total. The van der Waals surface area contributed by atoms with E-state index < -0.39 is 11.6 Å². The van der Waals surface area contributed by atoms with Gasteiger partial charge in [0.2, 0.25) is 11.8 Å².